The number of furan rings is 1. The topological polar surface area (TPSA) is 59.5 Å². The molecule has 138 valence electrons. The lowest BCUT2D eigenvalue weighted by Gasteiger charge is -2.19. The molecule has 2 atom stereocenters. The van der Waals surface area contributed by atoms with Gasteiger partial charge in [0.05, 0.1) is 6.54 Å². The van der Waals surface area contributed by atoms with Crippen molar-refractivity contribution in [3.63, 3.8) is 0 Å². The summed E-state index contributed by atoms with van der Waals surface area (Å²) in [7, 11) is 0. The van der Waals surface area contributed by atoms with E-state index in [1.807, 2.05) is 41.3 Å². The second kappa shape index (κ2) is 6.41. The van der Waals surface area contributed by atoms with E-state index in [1.165, 1.54) is 6.42 Å². The summed E-state index contributed by atoms with van der Waals surface area (Å²) in [6.45, 7) is 2.72. The highest BCUT2D eigenvalue weighted by Crippen LogP contribution is 2.47. The number of carbonyl (C=O) groups excluding carboxylic acids is 1. The van der Waals surface area contributed by atoms with Crippen molar-refractivity contribution < 1.29 is 13.7 Å². The van der Waals surface area contributed by atoms with Crippen LogP contribution < -0.4 is 0 Å². The summed E-state index contributed by atoms with van der Waals surface area (Å²) in [5.41, 5.74) is 1.26. The van der Waals surface area contributed by atoms with Crippen molar-refractivity contribution >= 4 is 5.91 Å². The maximum Gasteiger partial charge on any atom is 0.276 e. The number of nitrogens with zero attached hydrogens (tertiary/aromatic N) is 2. The first-order valence-corrected chi connectivity index (χ1v) is 9.61. The predicted octanol–water partition coefficient (Wildman–Crippen LogP) is 4.86. The third-order valence-electron chi connectivity index (χ3n) is 5.52. The smallest absolute Gasteiger partial charge is 0.276 e. The zero-order valence-electron chi connectivity index (χ0n) is 15.3. The first-order chi connectivity index (χ1) is 13.2. The molecule has 0 saturated heterocycles. The Balaban J connectivity index is 1.34. The van der Waals surface area contributed by atoms with Crippen LogP contribution in [0.3, 0.4) is 0 Å². The molecular weight excluding hydrogens is 340 g/mol. The Bertz CT molecular complexity index is 955. The molecule has 1 aromatic carbocycles. The van der Waals surface area contributed by atoms with Crippen molar-refractivity contribution in [2.45, 2.75) is 44.7 Å². The van der Waals surface area contributed by atoms with E-state index in [4.69, 9.17) is 8.94 Å². The second-order valence-corrected chi connectivity index (χ2v) is 7.73. The van der Waals surface area contributed by atoms with Crippen LogP contribution in [-0.4, -0.2) is 22.0 Å². The van der Waals surface area contributed by atoms with Crippen LogP contribution in [0.5, 0.6) is 0 Å². The van der Waals surface area contributed by atoms with Gasteiger partial charge in [-0.1, -0.05) is 42.4 Å². The third kappa shape index (κ3) is 3.29. The van der Waals surface area contributed by atoms with Crippen LogP contribution in [-0.2, 0) is 6.54 Å². The van der Waals surface area contributed by atoms with E-state index in [0.29, 0.717) is 29.8 Å². The standard InChI is InChI=1S/C22H22N2O3/c1-14-11-18(14)20-10-9-17(26-20)13-24(16-7-8-16)22(25)19-12-21(27-23-19)15-5-3-2-4-6-15/h2-6,9-10,12,14,16,18H,7-8,11,13H2,1H3. The fourth-order valence-corrected chi connectivity index (χ4v) is 3.58. The molecule has 2 aliphatic carbocycles. The number of benzene rings is 1. The van der Waals surface area contributed by atoms with Gasteiger partial charge in [-0.15, -0.1) is 0 Å². The van der Waals surface area contributed by atoms with Crippen LogP contribution in [0.25, 0.3) is 11.3 Å². The van der Waals surface area contributed by atoms with E-state index >= 15 is 0 Å². The molecule has 27 heavy (non-hydrogen) atoms. The molecule has 0 N–H and O–H groups in total. The Morgan fingerprint density at radius 2 is 1.96 bits per heavy atom. The minimum absolute atomic E-state index is 0.0961. The lowest BCUT2D eigenvalue weighted by molar-refractivity contribution is 0.0706. The predicted molar refractivity (Wildman–Crippen MR) is 100 cm³/mol. The maximum absolute atomic E-state index is 13.0. The monoisotopic (exact) mass is 362 g/mol. The molecule has 0 bridgehead atoms. The van der Waals surface area contributed by atoms with E-state index in [-0.39, 0.29) is 11.9 Å². The van der Waals surface area contributed by atoms with Gasteiger partial charge >= 0.3 is 0 Å². The van der Waals surface area contributed by atoms with Gasteiger partial charge in [-0.2, -0.15) is 0 Å². The summed E-state index contributed by atoms with van der Waals surface area (Å²) in [6, 6.07) is 15.8. The average Bonchev–Trinajstić information content (AvgIpc) is 3.55. The SMILES string of the molecule is CC1CC1c1ccc(CN(C(=O)c2cc(-c3ccccc3)on2)C2CC2)o1. The van der Waals surface area contributed by atoms with Crippen molar-refractivity contribution in [1.82, 2.24) is 10.1 Å². The molecule has 2 unspecified atom stereocenters. The Hall–Kier alpha value is -2.82. The van der Waals surface area contributed by atoms with Crippen molar-refractivity contribution in [1.29, 1.82) is 0 Å². The maximum atomic E-state index is 13.0. The normalized spacial score (nSPS) is 21.2. The molecule has 2 heterocycles. The molecule has 2 aliphatic rings. The summed E-state index contributed by atoms with van der Waals surface area (Å²) in [6.07, 6.45) is 3.25. The highest BCUT2D eigenvalue weighted by molar-refractivity contribution is 5.93. The lowest BCUT2D eigenvalue weighted by atomic mass is 10.1. The van der Waals surface area contributed by atoms with Gasteiger partial charge in [0.2, 0.25) is 0 Å². The Labute approximate surface area is 157 Å². The van der Waals surface area contributed by atoms with Gasteiger partial charge in [0.15, 0.2) is 11.5 Å². The van der Waals surface area contributed by atoms with Crippen molar-refractivity contribution in [2.24, 2.45) is 5.92 Å². The second-order valence-electron chi connectivity index (χ2n) is 7.73. The van der Waals surface area contributed by atoms with Crippen LogP contribution in [0.2, 0.25) is 0 Å². The molecule has 5 nitrogen and oxygen atoms in total. The molecule has 2 saturated carbocycles. The van der Waals surface area contributed by atoms with Gasteiger partial charge < -0.3 is 13.8 Å². The van der Waals surface area contributed by atoms with E-state index in [2.05, 4.69) is 18.1 Å². The number of rotatable bonds is 6. The summed E-state index contributed by atoms with van der Waals surface area (Å²) in [5, 5.41) is 4.02. The molecule has 3 aromatic rings. The van der Waals surface area contributed by atoms with Crippen LogP contribution in [0.1, 0.15) is 54.1 Å². The Morgan fingerprint density at radius 3 is 2.67 bits per heavy atom. The molecule has 0 aliphatic heterocycles. The van der Waals surface area contributed by atoms with E-state index in [0.717, 1.165) is 29.9 Å². The third-order valence-corrected chi connectivity index (χ3v) is 5.52. The summed E-state index contributed by atoms with van der Waals surface area (Å²) in [5.74, 6) is 3.66. The van der Waals surface area contributed by atoms with Gasteiger partial charge in [0.1, 0.15) is 11.5 Å². The zero-order chi connectivity index (χ0) is 18.4. The minimum atomic E-state index is -0.0961. The Morgan fingerprint density at radius 1 is 1.19 bits per heavy atom. The number of hydrogen-bond acceptors (Lipinski definition) is 4. The van der Waals surface area contributed by atoms with Crippen LogP contribution >= 0.6 is 0 Å². The molecule has 2 fully saturated rings. The van der Waals surface area contributed by atoms with Gasteiger partial charge in [-0.25, -0.2) is 0 Å². The molecule has 5 rings (SSSR count). The molecule has 0 spiro atoms. The number of carbonyl (C=O) groups is 1. The van der Waals surface area contributed by atoms with Gasteiger partial charge in [-0.05, 0) is 37.3 Å². The van der Waals surface area contributed by atoms with Crippen molar-refractivity contribution in [3.8, 4) is 11.3 Å². The zero-order valence-corrected chi connectivity index (χ0v) is 15.3. The van der Waals surface area contributed by atoms with Gasteiger partial charge in [0, 0.05) is 23.6 Å². The highest BCUT2D eigenvalue weighted by Gasteiger charge is 2.38. The van der Waals surface area contributed by atoms with E-state index in [1.54, 1.807) is 6.07 Å². The van der Waals surface area contributed by atoms with Crippen LogP contribution in [0.4, 0.5) is 0 Å². The number of amides is 1. The van der Waals surface area contributed by atoms with Crippen molar-refractivity contribution in [3.05, 3.63) is 65.7 Å². The van der Waals surface area contributed by atoms with E-state index in [9.17, 15) is 4.79 Å². The summed E-state index contributed by atoms with van der Waals surface area (Å²) < 4.78 is 11.4. The molecule has 5 heteroatoms. The number of aromatic nitrogens is 1. The van der Waals surface area contributed by atoms with E-state index < -0.39 is 0 Å². The van der Waals surface area contributed by atoms with Gasteiger partial charge in [0.25, 0.3) is 5.91 Å². The lowest BCUT2D eigenvalue weighted by Crippen LogP contribution is -2.32. The first-order valence-electron chi connectivity index (χ1n) is 9.61. The molecule has 1 amide bonds. The largest absolute Gasteiger partial charge is 0.464 e. The average molecular weight is 362 g/mol. The Kier molecular flexibility index (Phi) is 3.88. The fraction of sp³-hybridized carbons (Fsp3) is 0.364. The van der Waals surface area contributed by atoms with Crippen molar-refractivity contribution in [2.75, 3.05) is 0 Å². The quantitative estimate of drug-likeness (QED) is 0.628. The summed E-state index contributed by atoms with van der Waals surface area (Å²) >= 11 is 0. The fourth-order valence-electron chi connectivity index (χ4n) is 3.58. The molecule has 2 aromatic heterocycles. The van der Waals surface area contributed by atoms with Crippen LogP contribution in [0.15, 0.2) is 57.5 Å². The summed E-state index contributed by atoms with van der Waals surface area (Å²) in [4.78, 5) is 14.9. The molecule has 0 radical (unpaired) electrons. The van der Waals surface area contributed by atoms with Crippen LogP contribution in [0, 0.1) is 5.92 Å². The highest BCUT2D eigenvalue weighted by atomic mass is 16.5. The van der Waals surface area contributed by atoms with Gasteiger partial charge in [-0.3, -0.25) is 4.79 Å². The molecular formula is C22H22N2O3. The number of hydrogen-bond donors (Lipinski definition) is 0. The minimum Gasteiger partial charge on any atom is -0.464 e. The first kappa shape index (κ1) is 16.4.